The van der Waals surface area contributed by atoms with Crippen molar-refractivity contribution in [2.24, 2.45) is 5.92 Å². The van der Waals surface area contributed by atoms with Gasteiger partial charge in [-0.2, -0.15) is 13.2 Å². The van der Waals surface area contributed by atoms with Gasteiger partial charge in [0, 0.05) is 24.2 Å². The lowest BCUT2D eigenvalue weighted by Gasteiger charge is -2.11. The highest BCUT2D eigenvalue weighted by atomic mass is 19.4. The molecule has 0 saturated carbocycles. The number of ether oxygens (including phenoxy) is 1. The number of carboxylic acid groups (broad SMARTS) is 1. The smallest absolute Gasteiger partial charge is 0.389 e. The molecular weight excluding hydrogens is 487 g/mol. The van der Waals surface area contributed by atoms with E-state index in [4.69, 9.17) is 4.74 Å². The summed E-state index contributed by atoms with van der Waals surface area (Å²) < 4.78 is 40.9. The average Bonchev–Trinajstić information content (AvgIpc) is 2.83. The van der Waals surface area contributed by atoms with Gasteiger partial charge in [-0.05, 0) is 44.0 Å². The largest absolute Gasteiger partial charge is 0.480 e. The van der Waals surface area contributed by atoms with Crippen molar-refractivity contribution in [2.75, 3.05) is 18.5 Å². The van der Waals surface area contributed by atoms with Crippen LogP contribution in [0, 0.1) is 5.92 Å². The number of carbonyl (C=O) groups is 3. The monoisotopic (exact) mass is 529 g/mol. The summed E-state index contributed by atoms with van der Waals surface area (Å²) in [6.45, 7) is 2.34. The first-order chi connectivity index (χ1) is 17.7. The highest BCUT2D eigenvalue weighted by Crippen LogP contribution is 2.23. The Morgan fingerprint density at radius 3 is 1.70 bits per heavy atom. The van der Waals surface area contributed by atoms with Crippen LogP contribution in [0.25, 0.3) is 0 Å². The molecule has 0 heterocycles. The Kier molecular flexibility index (Phi) is 16.3. The summed E-state index contributed by atoms with van der Waals surface area (Å²) in [6.07, 6.45) is 8.52. The molecule has 0 aliphatic carbocycles. The molecule has 0 spiro atoms. The number of carbonyl (C=O) groups excluding carboxylic acids is 2. The number of aliphatic carboxylic acids is 1. The molecule has 0 bridgehead atoms. The van der Waals surface area contributed by atoms with Gasteiger partial charge in [-0.1, -0.05) is 70.6 Å². The highest BCUT2D eigenvalue weighted by molar-refractivity contribution is 6.20. The molecule has 1 atom stereocenters. The SMILES string of the molecule is CCOC(=O)C(C(=O)O)C(=O)c1ccc(NCCCCCCCCCCCCCCCC(F)(F)F)cc1. The Bertz CT molecular complexity index is 796. The third-order valence-electron chi connectivity index (χ3n) is 6.17. The third-order valence-corrected chi connectivity index (χ3v) is 6.17. The van der Waals surface area contributed by atoms with Crippen LogP contribution >= 0.6 is 0 Å². The number of alkyl halides is 3. The van der Waals surface area contributed by atoms with Crippen molar-refractivity contribution in [3.8, 4) is 0 Å². The van der Waals surface area contributed by atoms with Crippen LogP contribution in [0.4, 0.5) is 18.9 Å². The Hall–Kier alpha value is -2.58. The number of benzene rings is 1. The number of ketones is 1. The first-order valence-electron chi connectivity index (χ1n) is 13.5. The van der Waals surface area contributed by atoms with Crippen LogP contribution in [-0.4, -0.2) is 42.2 Å². The summed E-state index contributed by atoms with van der Waals surface area (Å²) in [5.41, 5.74) is 0.965. The van der Waals surface area contributed by atoms with Crippen LogP contribution in [0.3, 0.4) is 0 Å². The lowest BCUT2D eigenvalue weighted by molar-refractivity contribution is -0.155. The number of halogens is 3. The van der Waals surface area contributed by atoms with Gasteiger partial charge in [-0.15, -0.1) is 0 Å². The predicted molar refractivity (Wildman–Crippen MR) is 138 cm³/mol. The molecule has 0 saturated heterocycles. The van der Waals surface area contributed by atoms with Gasteiger partial charge in [0.05, 0.1) is 6.61 Å². The molecule has 0 radical (unpaired) electrons. The fourth-order valence-corrected chi connectivity index (χ4v) is 4.09. The predicted octanol–water partition coefficient (Wildman–Crippen LogP) is 7.57. The Morgan fingerprint density at radius 2 is 1.27 bits per heavy atom. The van der Waals surface area contributed by atoms with Gasteiger partial charge in [0.2, 0.25) is 5.92 Å². The van der Waals surface area contributed by atoms with Crippen LogP contribution in [0.1, 0.15) is 107 Å². The fraction of sp³-hybridized carbons (Fsp3) is 0.679. The molecule has 0 fully saturated rings. The molecule has 1 rings (SSSR count). The van der Waals surface area contributed by atoms with Crippen molar-refractivity contribution >= 4 is 23.4 Å². The summed E-state index contributed by atoms with van der Waals surface area (Å²) in [6, 6.07) is 6.40. The third kappa shape index (κ3) is 15.3. The molecule has 9 heteroatoms. The molecule has 0 amide bonds. The van der Waals surface area contributed by atoms with Gasteiger partial charge in [0.15, 0.2) is 5.78 Å². The molecule has 0 aliphatic rings. The number of nitrogens with one attached hydrogen (secondary N) is 1. The molecule has 1 aromatic carbocycles. The fourth-order valence-electron chi connectivity index (χ4n) is 4.09. The molecule has 1 unspecified atom stereocenters. The van der Waals surface area contributed by atoms with Gasteiger partial charge in [0.1, 0.15) is 0 Å². The lowest BCUT2D eigenvalue weighted by Crippen LogP contribution is -2.33. The summed E-state index contributed by atoms with van der Waals surface area (Å²) >= 11 is 0. The minimum absolute atomic E-state index is 0.000160. The van der Waals surface area contributed by atoms with Gasteiger partial charge in [-0.25, -0.2) is 0 Å². The van der Waals surface area contributed by atoms with E-state index in [1.807, 2.05) is 0 Å². The van der Waals surface area contributed by atoms with E-state index in [1.165, 1.54) is 44.2 Å². The second-order valence-electron chi connectivity index (χ2n) is 9.35. The number of hydrogen-bond acceptors (Lipinski definition) is 5. The van der Waals surface area contributed by atoms with Gasteiger partial charge in [-0.3, -0.25) is 14.4 Å². The number of esters is 1. The maximum atomic E-state index is 12.4. The van der Waals surface area contributed by atoms with E-state index in [9.17, 15) is 32.7 Å². The number of hydrogen-bond donors (Lipinski definition) is 2. The molecule has 37 heavy (non-hydrogen) atoms. The van der Waals surface area contributed by atoms with Crippen molar-refractivity contribution in [1.82, 2.24) is 0 Å². The number of Topliss-reactive ketones (excluding diaryl/α,β-unsaturated/α-hetero) is 1. The Labute approximate surface area is 218 Å². The zero-order valence-corrected chi connectivity index (χ0v) is 21.9. The zero-order chi connectivity index (χ0) is 27.5. The van der Waals surface area contributed by atoms with E-state index in [0.29, 0.717) is 6.42 Å². The molecule has 0 aliphatic heterocycles. The second kappa shape index (κ2) is 18.6. The van der Waals surface area contributed by atoms with Crippen LogP contribution in [0.2, 0.25) is 0 Å². The summed E-state index contributed by atoms with van der Waals surface area (Å²) in [5, 5.41) is 12.5. The molecule has 2 N–H and O–H groups in total. The van der Waals surface area contributed by atoms with E-state index in [0.717, 1.165) is 50.8 Å². The number of unbranched alkanes of at least 4 members (excludes halogenated alkanes) is 12. The van der Waals surface area contributed by atoms with Crippen LogP contribution < -0.4 is 5.32 Å². The van der Waals surface area contributed by atoms with E-state index in [2.05, 4.69) is 5.32 Å². The van der Waals surface area contributed by atoms with Gasteiger partial charge in [0.25, 0.3) is 0 Å². The minimum atomic E-state index is -4.02. The van der Waals surface area contributed by atoms with E-state index >= 15 is 0 Å². The number of rotatable bonds is 21. The van der Waals surface area contributed by atoms with Crippen LogP contribution in [0.5, 0.6) is 0 Å². The van der Waals surface area contributed by atoms with Crippen molar-refractivity contribution < 1.29 is 37.4 Å². The number of carboxylic acids is 1. The van der Waals surface area contributed by atoms with E-state index < -0.39 is 36.2 Å². The Morgan fingerprint density at radius 1 is 0.811 bits per heavy atom. The van der Waals surface area contributed by atoms with Crippen LogP contribution in [-0.2, 0) is 14.3 Å². The van der Waals surface area contributed by atoms with Crippen molar-refractivity contribution in [3.05, 3.63) is 29.8 Å². The molecule has 6 nitrogen and oxygen atoms in total. The highest BCUT2D eigenvalue weighted by Gasteiger charge is 2.36. The first-order valence-corrected chi connectivity index (χ1v) is 13.5. The van der Waals surface area contributed by atoms with Gasteiger partial charge >= 0.3 is 18.1 Å². The Balaban J connectivity index is 2.06. The first kappa shape index (κ1) is 32.4. The summed E-state index contributed by atoms with van der Waals surface area (Å²) in [7, 11) is 0. The normalized spacial score (nSPS) is 12.2. The second-order valence-corrected chi connectivity index (χ2v) is 9.35. The minimum Gasteiger partial charge on any atom is -0.480 e. The van der Waals surface area contributed by atoms with Crippen molar-refractivity contribution in [1.29, 1.82) is 0 Å². The lowest BCUT2D eigenvalue weighted by atomic mass is 9.97. The molecular formula is C28H42F3NO5. The molecule has 1 aromatic rings. The van der Waals surface area contributed by atoms with Crippen molar-refractivity contribution in [3.63, 3.8) is 0 Å². The maximum Gasteiger partial charge on any atom is 0.389 e. The maximum absolute atomic E-state index is 12.4. The average molecular weight is 530 g/mol. The quantitative estimate of drug-likeness (QED) is 0.0738. The van der Waals surface area contributed by atoms with E-state index in [-0.39, 0.29) is 18.6 Å². The van der Waals surface area contributed by atoms with Crippen LogP contribution in [0.15, 0.2) is 24.3 Å². The van der Waals surface area contributed by atoms with Crippen molar-refractivity contribution in [2.45, 2.75) is 103 Å². The standard InChI is InChI=1S/C28H42F3NO5/c1-2-37-27(36)24(26(34)35)25(33)22-16-18-23(19-17-22)32-21-15-13-11-9-7-5-3-4-6-8-10-12-14-20-28(29,30)31/h16-19,24,32H,2-15,20-21H2,1H3,(H,34,35). The zero-order valence-electron chi connectivity index (χ0n) is 21.9. The van der Waals surface area contributed by atoms with Gasteiger partial charge < -0.3 is 15.2 Å². The summed E-state index contributed by atoms with van der Waals surface area (Å²) in [4.78, 5) is 35.5. The molecule has 0 aromatic heterocycles. The van der Waals surface area contributed by atoms with E-state index in [1.54, 1.807) is 19.1 Å². The summed E-state index contributed by atoms with van der Waals surface area (Å²) in [5.74, 6) is -5.23. The number of anilines is 1. The molecule has 210 valence electrons. The topological polar surface area (TPSA) is 92.7 Å².